The van der Waals surface area contributed by atoms with Crippen LogP contribution < -0.4 is 5.73 Å². The van der Waals surface area contributed by atoms with Crippen LogP contribution in [-0.2, 0) is 11.2 Å². The molecule has 0 radical (unpaired) electrons. The maximum absolute atomic E-state index is 6.00. The Kier molecular flexibility index (Phi) is 5.39. The minimum absolute atomic E-state index is 0.302. The van der Waals surface area contributed by atoms with E-state index in [4.69, 9.17) is 10.5 Å². The first-order chi connectivity index (χ1) is 9.11. The maximum atomic E-state index is 6.00. The van der Waals surface area contributed by atoms with Gasteiger partial charge in [-0.1, -0.05) is 6.07 Å². The molecule has 0 spiro atoms. The zero-order valence-corrected chi connectivity index (χ0v) is 13.0. The van der Waals surface area contributed by atoms with Crippen LogP contribution in [0.15, 0.2) is 17.5 Å². The fraction of sp³-hybridized carbons (Fsp3) is 0.733. The maximum Gasteiger partial charge on any atom is 0.0747 e. The molecule has 19 heavy (non-hydrogen) atoms. The molecule has 4 unspecified atom stereocenters. The number of likely N-dealkylation sites (N-methyl/N-ethyl adjacent to an activating group) is 1. The van der Waals surface area contributed by atoms with E-state index < -0.39 is 0 Å². The van der Waals surface area contributed by atoms with Crippen molar-refractivity contribution < 1.29 is 4.74 Å². The van der Waals surface area contributed by atoms with Crippen molar-refractivity contribution in [1.29, 1.82) is 0 Å². The predicted molar refractivity (Wildman–Crippen MR) is 81.7 cm³/mol. The van der Waals surface area contributed by atoms with Crippen LogP contribution >= 0.6 is 11.3 Å². The van der Waals surface area contributed by atoms with Gasteiger partial charge in [0, 0.05) is 23.5 Å². The van der Waals surface area contributed by atoms with Gasteiger partial charge in [0.05, 0.1) is 12.2 Å². The van der Waals surface area contributed by atoms with Crippen LogP contribution in [0.25, 0.3) is 0 Å². The molecule has 1 aromatic heterocycles. The molecule has 108 valence electrons. The topological polar surface area (TPSA) is 38.5 Å². The molecule has 4 heteroatoms. The third-order valence-electron chi connectivity index (χ3n) is 4.23. The predicted octanol–water partition coefficient (Wildman–Crippen LogP) is 2.51. The fourth-order valence-corrected chi connectivity index (χ4v) is 3.71. The Hall–Kier alpha value is -0.420. The second-order valence-corrected chi connectivity index (χ2v) is 6.70. The number of nitrogens with two attached hydrogens (primary N) is 1. The normalized spacial score (nSPS) is 26.8. The van der Waals surface area contributed by atoms with Crippen LogP contribution in [0.2, 0.25) is 0 Å². The van der Waals surface area contributed by atoms with E-state index in [1.165, 1.54) is 4.88 Å². The summed E-state index contributed by atoms with van der Waals surface area (Å²) in [5.74, 6) is 0. The molecule has 4 atom stereocenters. The minimum Gasteiger partial charge on any atom is -0.374 e. The number of thiophene rings is 1. The van der Waals surface area contributed by atoms with Crippen LogP contribution in [0.5, 0.6) is 0 Å². The molecule has 3 nitrogen and oxygen atoms in total. The Labute approximate surface area is 120 Å². The van der Waals surface area contributed by atoms with E-state index in [9.17, 15) is 0 Å². The van der Waals surface area contributed by atoms with Gasteiger partial charge < -0.3 is 10.5 Å². The van der Waals surface area contributed by atoms with Gasteiger partial charge in [-0.25, -0.2) is 0 Å². The van der Waals surface area contributed by atoms with Crippen molar-refractivity contribution in [3.8, 4) is 0 Å². The van der Waals surface area contributed by atoms with Gasteiger partial charge in [0.25, 0.3) is 0 Å². The van der Waals surface area contributed by atoms with Gasteiger partial charge in [0.2, 0.25) is 0 Å². The van der Waals surface area contributed by atoms with E-state index in [0.29, 0.717) is 30.8 Å². The monoisotopic (exact) mass is 282 g/mol. The lowest BCUT2D eigenvalue weighted by Crippen LogP contribution is -2.50. The molecule has 2 rings (SSSR count). The van der Waals surface area contributed by atoms with Crippen molar-refractivity contribution in [1.82, 2.24) is 4.90 Å². The van der Waals surface area contributed by atoms with Gasteiger partial charge in [-0.2, -0.15) is 0 Å². The molecule has 1 fully saturated rings. The third-order valence-corrected chi connectivity index (χ3v) is 5.13. The van der Waals surface area contributed by atoms with Crippen molar-refractivity contribution in [2.45, 2.75) is 57.4 Å². The van der Waals surface area contributed by atoms with E-state index in [1.807, 2.05) is 11.3 Å². The minimum atomic E-state index is 0.302. The van der Waals surface area contributed by atoms with Crippen LogP contribution in [0, 0.1) is 0 Å². The van der Waals surface area contributed by atoms with Gasteiger partial charge >= 0.3 is 0 Å². The second kappa shape index (κ2) is 6.84. The smallest absolute Gasteiger partial charge is 0.0747 e. The first-order valence-electron chi connectivity index (χ1n) is 7.21. The van der Waals surface area contributed by atoms with Crippen LogP contribution in [0.4, 0.5) is 0 Å². The Balaban J connectivity index is 1.93. The van der Waals surface area contributed by atoms with Crippen molar-refractivity contribution in [3.63, 3.8) is 0 Å². The molecule has 0 aromatic carbocycles. The van der Waals surface area contributed by atoms with Gasteiger partial charge in [-0.05, 0) is 51.6 Å². The lowest BCUT2D eigenvalue weighted by molar-refractivity contribution is -0.00649. The molecule has 0 aliphatic carbocycles. The molecule has 1 aliphatic rings. The van der Waals surface area contributed by atoms with Crippen LogP contribution in [-0.4, -0.2) is 42.8 Å². The number of hydrogen-bond acceptors (Lipinski definition) is 4. The molecule has 0 bridgehead atoms. The summed E-state index contributed by atoms with van der Waals surface area (Å²) in [6, 6.07) is 5.15. The summed E-state index contributed by atoms with van der Waals surface area (Å²) in [4.78, 5) is 3.85. The summed E-state index contributed by atoms with van der Waals surface area (Å²) in [7, 11) is 2.18. The highest BCUT2D eigenvalue weighted by atomic mass is 32.1. The molecule has 2 heterocycles. The average Bonchev–Trinajstić information content (AvgIpc) is 3.02. The molecule has 1 aromatic rings. The SMILES string of the molecule is CC1CCC(C(CN)N(C)C(C)Cc2cccs2)O1. The largest absolute Gasteiger partial charge is 0.374 e. The highest BCUT2D eigenvalue weighted by molar-refractivity contribution is 7.09. The average molecular weight is 282 g/mol. The number of rotatable bonds is 6. The quantitative estimate of drug-likeness (QED) is 0.871. The second-order valence-electron chi connectivity index (χ2n) is 5.66. The molecule has 2 N–H and O–H groups in total. The van der Waals surface area contributed by atoms with Gasteiger partial charge in [-0.3, -0.25) is 4.90 Å². The van der Waals surface area contributed by atoms with Crippen LogP contribution in [0.1, 0.15) is 31.6 Å². The van der Waals surface area contributed by atoms with E-state index in [1.54, 1.807) is 0 Å². The Bertz CT molecular complexity index is 368. The van der Waals surface area contributed by atoms with Crippen molar-refractivity contribution in [2.24, 2.45) is 5.73 Å². The van der Waals surface area contributed by atoms with Crippen molar-refractivity contribution >= 4 is 11.3 Å². The van der Waals surface area contributed by atoms with Gasteiger partial charge in [0.15, 0.2) is 0 Å². The van der Waals surface area contributed by atoms with E-state index in [2.05, 4.69) is 43.3 Å². The van der Waals surface area contributed by atoms with E-state index >= 15 is 0 Å². The number of ether oxygens (including phenoxy) is 1. The first-order valence-corrected chi connectivity index (χ1v) is 8.09. The molecule has 0 amide bonds. The van der Waals surface area contributed by atoms with Crippen LogP contribution in [0.3, 0.4) is 0 Å². The zero-order valence-electron chi connectivity index (χ0n) is 12.2. The molecular formula is C15H26N2OS. The Morgan fingerprint density at radius 2 is 2.32 bits per heavy atom. The molecule has 0 saturated carbocycles. The molecule has 1 aliphatic heterocycles. The zero-order chi connectivity index (χ0) is 13.8. The fourth-order valence-electron chi connectivity index (χ4n) is 2.89. The molecular weight excluding hydrogens is 256 g/mol. The lowest BCUT2D eigenvalue weighted by atomic mass is 10.0. The Morgan fingerprint density at radius 1 is 1.53 bits per heavy atom. The Morgan fingerprint density at radius 3 is 2.84 bits per heavy atom. The summed E-state index contributed by atoms with van der Waals surface area (Å²) in [6.07, 6.45) is 4.08. The van der Waals surface area contributed by atoms with E-state index in [-0.39, 0.29) is 0 Å². The third kappa shape index (κ3) is 3.78. The van der Waals surface area contributed by atoms with E-state index in [0.717, 1.165) is 19.3 Å². The summed E-state index contributed by atoms with van der Waals surface area (Å²) < 4.78 is 6.00. The highest BCUT2D eigenvalue weighted by Crippen LogP contribution is 2.25. The first kappa shape index (κ1) is 15.0. The van der Waals surface area contributed by atoms with Crippen molar-refractivity contribution in [2.75, 3.05) is 13.6 Å². The number of nitrogens with zero attached hydrogens (tertiary/aromatic N) is 1. The van der Waals surface area contributed by atoms with Gasteiger partial charge in [0.1, 0.15) is 0 Å². The summed E-state index contributed by atoms with van der Waals surface area (Å²) in [5.41, 5.74) is 5.99. The van der Waals surface area contributed by atoms with Gasteiger partial charge in [-0.15, -0.1) is 11.3 Å². The molecule has 1 saturated heterocycles. The summed E-state index contributed by atoms with van der Waals surface area (Å²) in [5, 5.41) is 2.14. The standard InChI is InChI=1S/C15H26N2OS/c1-11(9-13-5-4-8-19-13)17(3)14(10-16)15-7-6-12(2)18-15/h4-5,8,11-12,14-15H,6-7,9-10,16H2,1-3H3. The summed E-state index contributed by atoms with van der Waals surface area (Å²) in [6.45, 7) is 5.10. The lowest BCUT2D eigenvalue weighted by Gasteiger charge is -2.35. The van der Waals surface area contributed by atoms with Crippen molar-refractivity contribution in [3.05, 3.63) is 22.4 Å². The number of hydrogen-bond donors (Lipinski definition) is 1. The summed E-state index contributed by atoms with van der Waals surface area (Å²) >= 11 is 1.83. The highest BCUT2D eigenvalue weighted by Gasteiger charge is 2.32.